The van der Waals surface area contributed by atoms with E-state index in [1.807, 2.05) is 24.4 Å². The van der Waals surface area contributed by atoms with Crippen molar-refractivity contribution in [2.24, 2.45) is 5.92 Å². The predicted molar refractivity (Wildman–Crippen MR) is 110 cm³/mol. The van der Waals surface area contributed by atoms with E-state index in [1.54, 1.807) is 6.20 Å². The summed E-state index contributed by atoms with van der Waals surface area (Å²) < 4.78 is 0. The summed E-state index contributed by atoms with van der Waals surface area (Å²) >= 11 is 6.06. The van der Waals surface area contributed by atoms with E-state index in [4.69, 9.17) is 11.6 Å². The van der Waals surface area contributed by atoms with Gasteiger partial charge in [0.1, 0.15) is 0 Å². The molecule has 1 aromatic carbocycles. The molecule has 1 aliphatic carbocycles. The van der Waals surface area contributed by atoms with Crippen molar-refractivity contribution in [2.75, 3.05) is 13.1 Å². The number of amides is 1. The van der Waals surface area contributed by atoms with E-state index >= 15 is 0 Å². The van der Waals surface area contributed by atoms with Crippen LogP contribution in [0.1, 0.15) is 42.9 Å². The highest BCUT2D eigenvalue weighted by Crippen LogP contribution is 2.32. The fourth-order valence-electron chi connectivity index (χ4n) is 3.68. The van der Waals surface area contributed by atoms with Crippen LogP contribution in [0.5, 0.6) is 0 Å². The minimum Gasteiger partial charge on any atom is -0.342 e. The van der Waals surface area contributed by atoms with Crippen molar-refractivity contribution in [3.8, 4) is 0 Å². The summed E-state index contributed by atoms with van der Waals surface area (Å²) in [5.74, 6) is 0.682. The molecule has 27 heavy (non-hydrogen) atoms. The van der Waals surface area contributed by atoms with Crippen LogP contribution in [0.3, 0.4) is 0 Å². The van der Waals surface area contributed by atoms with Gasteiger partial charge in [0.15, 0.2) is 0 Å². The zero-order valence-electron chi connectivity index (χ0n) is 15.2. The number of carbonyl (C=O) groups excluding carboxylic acids is 1. The van der Waals surface area contributed by atoms with Crippen LogP contribution in [-0.4, -0.2) is 34.9 Å². The molecule has 2 fully saturated rings. The first-order valence-corrected chi connectivity index (χ1v) is 9.79. The number of rotatable bonds is 5. The summed E-state index contributed by atoms with van der Waals surface area (Å²) in [7, 11) is 0. The van der Waals surface area contributed by atoms with Gasteiger partial charge < -0.3 is 10.2 Å². The normalized spacial score (nSPS) is 18.6. The van der Waals surface area contributed by atoms with Gasteiger partial charge in [-0.15, -0.1) is 12.4 Å². The number of piperidine rings is 1. The molecule has 1 aliphatic heterocycles. The van der Waals surface area contributed by atoms with Gasteiger partial charge in [-0.2, -0.15) is 0 Å². The molecule has 4 nitrogen and oxygen atoms in total. The van der Waals surface area contributed by atoms with Crippen molar-refractivity contribution >= 4 is 29.9 Å². The van der Waals surface area contributed by atoms with Crippen LogP contribution in [0, 0.1) is 5.92 Å². The molecule has 1 unspecified atom stereocenters. The molecule has 144 valence electrons. The Hall–Kier alpha value is -1.62. The van der Waals surface area contributed by atoms with Crippen LogP contribution in [0.15, 0.2) is 48.8 Å². The standard InChI is InChI=1S/C21H24ClN3O.ClH/c22-18-7-5-15(6-8-18)20(17-2-1-11-23-14-17)24-19-9-12-25(13-10-19)21(26)16-3-4-16;/h1-2,5-8,11,14,16,19-20,24H,3-4,9-10,12-13H2;1H. The predicted octanol–water partition coefficient (Wildman–Crippen LogP) is 4.24. The molecule has 1 amide bonds. The second-order valence-corrected chi connectivity index (χ2v) is 7.75. The minimum atomic E-state index is 0. The Labute approximate surface area is 171 Å². The maximum absolute atomic E-state index is 12.2. The van der Waals surface area contributed by atoms with Gasteiger partial charge in [-0.1, -0.05) is 29.8 Å². The third-order valence-corrected chi connectivity index (χ3v) is 5.61. The Morgan fingerprint density at radius 1 is 1.07 bits per heavy atom. The summed E-state index contributed by atoms with van der Waals surface area (Å²) in [5.41, 5.74) is 2.32. The summed E-state index contributed by atoms with van der Waals surface area (Å²) in [6.45, 7) is 1.71. The highest BCUT2D eigenvalue weighted by molar-refractivity contribution is 6.30. The zero-order valence-corrected chi connectivity index (χ0v) is 16.8. The number of benzene rings is 1. The highest BCUT2D eigenvalue weighted by Gasteiger charge is 2.35. The summed E-state index contributed by atoms with van der Waals surface area (Å²) in [6, 6.07) is 12.5. The van der Waals surface area contributed by atoms with Gasteiger partial charge in [0, 0.05) is 42.5 Å². The average molecular weight is 406 g/mol. The van der Waals surface area contributed by atoms with Crippen molar-refractivity contribution in [3.63, 3.8) is 0 Å². The third kappa shape index (κ3) is 5.01. The molecular weight excluding hydrogens is 381 g/mol. The van der Waals surface area contributed by atoms with Crippen LogP contribution in [-0.2, 0) is 4.79 Å². The van der Waals surface area contributed by atoms with E-state index in [2.05, 4.69) is 33.4 Å². The summed E-state index contributed by atoms with van der Waals surface area (Å²) in [6.07, 6.45) is 7.85. The lowest BCUT2D eigenvalue weighted by atomic mass is 9.96. The van der Waals surface area contributed by atoms with Crippen molar-refractivity contribution in [2.45, 2.75) is 37.8 Å². The number of aromatic nitrogens is 1. The first kappa shape index (κ1) is 20.1. The lowest BCUT2D eigenvalue weighted by Gasteiger charge is -2.35. The molecule has 1 aromatic heterocycles. The van der Waals surface area contributed by atoms with Gasteiger partial charge in [-0.25, -0.2) is 0 Å². The van der Waals surface area contributed by atoms with Gasteiger partial charge in [0.2, 0.25) is 5.91 Å². The first-order valence-electron chi connectivity index (χ1n) is 9.41. The van der Waals surface area contributed by atoms with Gasteiger partial charge in [0.25, 0.3) is 0 Å². The molecule has 1 N–H and O–H groups in total. The quantitative estimate of drug-likeness (QED) is 0.808. The van der Waals surface area contributed by atoms with Crippen LogP contribution in [0.2, 0.25) is 5.02 Å². The van der Waals surface area contributed by atoms with E-state index < -0.39 is 0 Å². The molecule has 1 atom stereocenters. The van der Waals surface area contributed by atoms with Gasteiger partial charge in [-0.05, 0) is 55.0 Å². The maximum atomic E-state index is 12.2. The average Bonchev–Trinajstić information content (AvgIpc) is 3.53. The molecule has 2 aliphatic rings. The number of likely N-dealkylation sites (tertiary alicyclic amines) is 1. The number of halogens is 2. The van der Waals surface area contributed by atoms with Crippen LogP contribution >= 0.6 is 24.0 Å². The Balaban J connectivity index is 0.00000210. The number of hydrogen-bond acceptors (Lipinski definition) is 3. The monoisotopic (exact) mass is 405 g/mol. The highest BCUT2D eigenvalue weighted by atomic mass is 35.5. The van der Waals surface area contributed by atoms with Crippen LogP contribution in [0.4, 0.5) is 0 Å². The molecule has 6 heteroatoms. The lowest BCUT2D eigenvalue weighted by Crippen LogP contribution is -2.46. The largest absolute Gasteiger partial charge is 0.342 e. The molecular formula is C21H25Cl2N3O. The molecule has 0 spiro atoms. The second-order valence-electron chi connectivity index (χ2n) is 7.31. The Morgan fingerprint density at radius 3 is 2.37 bits per heavy atom. The summed E-state index contributed by atoms with van der Waals surface area (Å²) in [4.78, 5) is 18.6. The van der Waals surface area contributed by atoms with E-state index in [9.17, 15) is 4.79 Å². The van der Waals surface area contributed by atoms with E-state index in [0.717, 1.165) is 49.4 Å². The molecule has 1 saturated heterocycles. The first-order chi connectivity index (χ1) is 12.7. The molecule has 2 aromatic rings. The number of pyridine rings is 1. The van der Waals surface area contributed by atoms with Crippen LogP contribution < -0.4 is 5.32 Å². The Kier molecular flexibility index (Phi) is 6.74. The Bertz CT molecular complexity index is 742. The van der Waals surface area contributed by atoms with E-state index in [-0.39, 0.29) is 18.4 Å². The smallest absolute Gasteiger partial charge is 0.225 e. The lowest BCUT2D eigenvalue weighted by molar-refractivity contribution is -0.133. The molecule has 0 bridgehead atoms. The number of hydrogen-bond donors (Lipinski definition) is 1. The number of nitrogens with one attached hydrogen (secondary N) is 1. The minimum absolute atomic E-state index is 0. The third-order valence-electron chi connectivity index (χ3n) is 5.36. The fourth-order valence-corrected chi connectivity index (χ4v) is 3.80. The van der Waals surface area contributed by atoms with Crippen molar-refractivity contribution in [3.05, 3.63) is 64.9 Å². The topological polar surface area (TPSA) is 45.2 Å². The number of carbonyl (C=O) groups is 1. The molecule has 2 heterocycles. The fraction of sp³-hybridized carbons (Fsp3) is 0.429. The molecule has 1 saturated carbocycles. The van der Waals surface area contributed by atoms with Crippen molar-refractivity contribution < 1.29 is 4.79 Å². The SMILES string of the molecule is Cl.O=C(C1CC1)N1CCC(NC(c2ccc(Cl)cc2)c2cccnc2)CC1. The number of nitrogens with zero attached hydrogens (tertiary/aromatic N) is 2. The zero-order chi connectivity index (χ0) is 17.9. The van der Waals surface area contributed by atoms with Crippen molar-refractivity contribution in [1.82, 2.24) is 15.2 Å². The molecule has 4 rings (SSSR count). The molecule has 0 radical (unpaired) electrons. The second kappa shape index (κ2) is 9.05. The Morgan fingerprint density at radius 2 is 1.78 bits per heavy atom. The van der Waals surface area contributed by atoms with Crippen LogP contribution in [0.25, 0.3) is 0 Å². The van der Waals surface area contributed by atoms with E-state index in [1.165, 1.54) is 5.56 Å². The van der Waals surface area contributed by atoms with Gasteiger partial charge in [0.05, 0.1) is 6.04 Å². The maximum Gasteiger partial charge on any atom is 0.225 e. The van der Waals surface area contributed by atoms with E-state index in [0.29, 0.717) is 17.9 Å². The van der Waals surface area contributed by atoms with Gasteiger partial charge >= 0.3 is 0 Å². The van der Waals surface area contributed by atoms with Gasteiger partial charge in [-0.3, -0.25) is 9.78 Å². The summed E-state index contributed by atoms with van der Waals surface area (Å²) in [5, 5.41) is 4.53. The van der Waals surface area contributed by atoms with Crippen molar-refractivity contribution in [1.29, 1.82) is 0 Å².